The van der Waals surface area contributed by atoms with Gasteiger partial charge in [-0.2, -0.15) is 5.10 Å². The molecular formula is C22H29N3O5. The van der Waals surface area contributed by atoms with Crippen LogP contribution in [0.15, 0.2) is 24.4 Å². The Balaban J connectivity index is 1.76. The predicted molar refractivity (Wildman–Crippen MR) is 110 cm³/mol. The smallest absolute Gasteiger partial charge is 0.410 e. The van der Waals surface area contributed by atoms with Crippen molar-refractivity contribution in [2.75, 3.05) is 20.8 Å². The molecule has 1 aromatic carbocycles. The van der Waals surface area contributed by atoms with Gasteiger partial charge in [0.05, 0.1) is 20.3 Å². The molecule has 0 N–H and O–H groups in total. The molecule has 0 spiro atoms. The molecule has 30 heavy (non-hydrogen) atoms. The van der Waals surface area contributed by atoms with Gasteiger partial charge < -0.3 is 19.1 Å². The normalized spacial score (nSPS) is 13.7. The van der Waals surface area contributed by atoms with E-state index in [9.17, 15) is 9.59 Å². The van der Waals surface area contributed by atoms with Crippen LogP contribution in [0, 0.1) is 0 Å². The molecule has 162 valence electrons. The molecule has 1 aliphatic rings. The molecule has 3 rings (SSSR count). The number of amides is 1. The van der Waals surface area contributed by atoms with Crippen LogP contribution in [0.2, 0.25) is 0 Å². The molecule has 8 nitrogen and oxygen atoms in total. The summed E-state index contributed by atoms with van der Waals surface area (Å²) in [6.45, 7) is 7.48. The van der Waals surface area contributed by atoms with E-state index in [1.165, 1.54) is 12.7 Å². The number of ether oxygens (including phenoxy) is 3. The van der Waals surface area contributed by atoms with Crippen molar-refractivity contribution in [3.63, 3.8) is 0 Å². The van der Waals surface area contributed by atoms with Crippen LogP contribution in [0.1, 0.15) is 53.5 Å². The molecular weight excluding hydrogens is 386 g/mol. The molecule has 2 aromatic rings. The molecule has 0 radical (unpaired) electrons. The maximum atomic E-state index is 12.4. The van der Waals surface area contributed by atoms with Crippen LogP contribution in [0.5, 0.6) is 0 Å². The predicted octanol–water partition coefficient (Wildman–Crippen LogP) is 3.16. The Hall–Kier alpha value is -2.87. The lowest BCUT2D eigenvalue weighted by molar-refractivity contribution is 0.0223. The van der Waals surface area contributed by atoms with Gasteiger partial charge in [0.1, 0.15) is 16.9 Å². The van der Waals surface area contributed by atoms with Crippen molar-refractivity contribution in [3.8, 4) is 0 Å². The van der Waals surface area contributed by atoms with E-state index in [0.717, 1.165) is 17.5 Å². The summed E-state index contributed by atoms with van der Waals surface area (Å²) in [5.41, 5.74) is 3.78. The number of rotatable bonds is 5. The van der Waals surface area contributed by atoms with E-state index < -0.39 is 11.6 Å². The van der Waals surface area contributed by atoms with Gasteiger partial charge >= 0.3 is 12.1 Å². The number of nitrogens with zero attached hydrogens (tertiary/aromatic N) is 3. The number of benzene rings is 1. The molecule has 0 unspecified atom stereocenters. The first-order chi connectivity index (χ1) is 14.2. The van der Waals surface area contributed by atoms with Gasteiger partial charge in [0, 0.05) is 26.4 Å². The molecule has 0 aliphatic carbocycles. The molecule has 0 fully saturated rings. The van der Waals surface area contributed by atoms with E-state index in [4.69, 9.17) is 14.2 Å². The first-order valence-corrected chi connectivity index (χ1v) is 9.92. The van der Waals surface area contributed by atoms with E-state index in [-0.39, 0.29) is 12.7 Å². The van der Waals surface area contributed by atoms with Gasteiger partial charge in [-0.1, -0.05) is 18.2 Å². The third-order valence-electron chi connectivity index (χ3n) is 4.80. The van der Waals surface area contributed by atoms with Crippen LogP contribution in [-0.2, 0) is 40.3 Å². The minimum absolute atomic E-state index is 0.229. The number of methoxy groups -OCH3 is 2. The van der Waals surface area contributed by atoms with Crippen LogP contribution in [-0.4, -0.2) is 53.1 Å². The lowest BCUT2D eigenvalue weighted by atomic mass is 9.97. The monoisotopic (exact) mass is 415 g/mol. The number of hydrogen-bond acceptors (Lipinski definition) is 6. The third kappa shape index (κ3) is 5.18. The van der Waals surface area contributed by atoms with Gasteiger partial charge in [-0.3, -0.25) is 4.68 Å². The summed E-state index contributed by atoms with van der Waals surface area (Å²) in [6, 6.07) is 6.23. The Morgan fingerprint density at radius 2 is 1.93 bits per heavy atom. The number of esters is 1. The Labute approximate surface area is 176 Å². The zero-order valence-electron chi connectivity index (χ0n) is 18.2. The van der Waals surface area contributed by atoms with Gasteiger partial charge in [0.15, 0.2) is 0 Å². The maximum absolute atomic E-state index is 12.4. The van der Waals surface area contributed by atoms with Crippen LogP contribution in [0.3, 0.4) is 0 Å². The Morgan fingerprint density at radius 3 is 2.60 bits per heavy atom. The molecule has 8 heteroatoms. The second kappa shape index (κ2) is 8.87. The van der Waals surface area contributed by atoms with Gasteiger partial charge in [0.2, 0.25) is 0 Å². The largest absolute Gasteiger partial charge is 0.465 e. The second-order valence-corrected chi connectivity index (χ2v) is 8.37. The molecule has 1 amide bonds. The van der Waals surface area contributed by atoms with Crippen molar-refractivity contribution in [3.05, 3.63) is 52.3 Å². The third-order valence-corrected chi connectivity index (χ3v) is 4.80. The van der Waals surface area contributed by atoms with Crippen molar-refractivity contribution in [1.82, 2.24) is 14.7 Å². The molecule has 0 saturated carbocycles. The van der Waals surface area contributed by atoms with Gasteiger partial charge in [-0.05, 0) is 43.9 Å². The van der Waals surface area contributed by atoms with Crippen molar-refractivity contribution < 1.29 is 23.8 Å². The molecule has 0 atom stereocenters. The SMILES string of the molecule is COCc1nn(Cc2ccc3c(c2)CN(C(=O)OC(C)(C)C)CC3)cc1C(=O)OC. The van der Waals surface area contributed by atoms with Gasteiger partial charge in [-0.25, -0.2) is 9.59 Å². The van der Waals surface area contributed by atoms with E-state index in [1.807, 2.05) is 20.8 Å². The minimum Gasteiger partial charge on any atom is -0.465 e. The Morgan fingerprint density at radius 1 is 1.17 bits per heavy atom. The average Bonchev–Trinajstić information content (AvgIpc) is 3.08. The summed E-state index contributed by atoms with van der Waals surface area (Å²) in [5, 5.41) is 4.47. The summed E-state index contributed by atoms with van der Waals surface area (Å²) in [7, 11) is 2.90. The summed E-state index contributed by atoms with van der Waals surface area (Å²) in [6.07, 6.45) is 2.17. The molecule has 1 aliphatic heterocycles. The fraction of sp³-hybridized carbons (Fsp3) is 0.500. The lowest BCUT2D eigenvalue weighted by Crippen LogP contribution is -2.39. The summed E-state index contributed by atoms with van der Waals surface area (Å²) >= 11 is 0. The van der Waals surface area contributed by atoms with Crippen LogP contribution in [0.4, 0.5) is 4.79 Å². The fourth-order valence-corrected chi connectivity index (χ4v) is 3.44. The van der Waals surface area contributed by atoms with E-state index >= 15 is 0 Å². The molecule has 0 saturated heterocycles. The van der Waals surface area contributed by atoms with E-state index in [2.05, 4.69) is 23.3 Å². The highest BCUT2D eigenvalue weighted by Crippen LogP contribution is 2.23. The highest BCUT2D eigenvalue weighted by Gasteiger charge is 2.26. The Kier molecular flexibility index (Phi) is 6.45. The topological polar surface area (TPSA) is 82.9 Å². The first kappa shape index (κ1) is 21.8. The average molecular weight is 415 g/mol. The minimum atomic E-state index is -0.517. The van der Waals surface area contributed by atoms with Crippen LogP contribution < -0.4 is 0 Å². The number of carbonyl (C=O) groups excluding carboxylic acids is 2. The number of hydrogen-bond donors (Lipinski definition) is 0. The molecule has 1 aromatic heterocycles. The Bertz CT molecular complexity index is 929. The highest BCUT2D eigenvalue weighted by atomic mass is 16.6. The number of fused-ring (bicyclic) bond motifs is 1. The fourth-order valence-electron chi connectivity index (χ4n) is 3.44. The first-order valence-electron chi connectivity index (χ1n) is 9.92. The van der Waals surface area contributed by atoms with Crippen molar-refractivity contribution in [2.45, 2.75) is 52.5 Å². The quantitative estimate of drug-likeness (QED) is 0.698. The van der Waals surface area contributed by atoms with Crippen molar-refractivity contribution in [2.24, 2.45) is 0 Å². The number of aromatic nitrogens is 2. The zero-order chi connectivity index (χ0) is 21.9. The standard InChI is InChI=1S/C22H29N3O5/c1-22(2,3)30-21(27)24-9-8-16-7-6-15(10-17(16)12-24)11-25-13-18(20(26)29-5)19(23-25)14-28-4/h6-7,10,13H,8-9,11-12,14H2,1-5H3. The van der Waals surface area contributed by atoms with Gasteiger partial charge in [-0.15, -0.1) is 0 Å². The summed E-state index contributed by atoms with van der Waals surface area (Å²) < 4.78 is 17.2. The highest BCUT2D eigenvalue weighted by molar-refractivity contribution is 5.90. The van der Waals surface area contributed by atoms with Gasteiger partial charge in [0.25, 0.3) is 0 Å². The lowest BCUT2D eigenvalue weighted by Gasteiger charge is -2.31. The second-order valence-electron chi connectivity index (χ2n) is 8.37. The van der Waals surface area contributed by atoms with Crippen LogP contribution in [0.25, 0.3) is 0 Å². The molecule has 2 heterocycles. The maximum Gasteiger partial charge on any atom is 0.410 e. The van der Waals surface area contributed by atoms with Crippen molar-refractivity contribution >= 4 is 12.1 Å². The summed E-state index contributed by atoms with van der Waals surface area (Å²) in [5.74, 6) is -0.438. The molecule has 0 bridgehead atoms. The zero-order valence-corrected chi connectivity index (χ0v) is 18.2. The van der Waals surface area contributed by atoms with Crippen molar-refractivity contribution in [1.29, 1.82) is 0 Å². The van der Waals surface area contributed by atoms with E-state index in [1.54, 1.807) is 22.9 Å². The van der Waals surface area contributed by atoms with Crippen LogP contribution >= 0.6 is 0 Å². The number of carbonyl (C=O) groups is 2. The van der Waals surface area contributed by atoms with E-state index in [0.29, 0.717) is 30.9 Å². The summed E-state index contributed by atoms with van der Waals surface area (Å²) in [4.78, 5) is 26.1.